The van der Waals surface area contributed by atoms with Crippen molar-refractivity contribution in [1.82, 2.24) is 19.9 Å². The van der Waals surface area contributed by atoms with Gasteiger partial charge in [0.25, 0.3) is 0 Å². The minimum Gasteiger partial charge on any atom is -0.496 e. The summed E-state index contributed by atoms with van der Waals surface area (Å²) in [6.45, 7) is 10.3. The summed E-state index contributed by atoms with van der Waals surface area (Å²) in [4.78, 5) is 2.18. The van der Waals surface area contributed by atoms with E-state index in [1.807, 2.05) is 28.9 Å². The first kappa shape index (κ1) is 21.4. The maximum absolute atomic E-state index is 6.19. The van der Waals surface area contributed by atoms with Gasteiger partial charge in [0.15, 0.2) is 0 Å². The number of rotatable bonds is 10. The molecule has 0 spiro atoms. The Labute approximate surface area is 163 Å². The van der Waals surface area contributed by atoms with Crippen LogP contribution in [0.1, 0.15) is 40.5 Å². The molecule has 0 radical (unpaired) electrons. The molecule has 27 heavy (non-hydrogen) atoms. The largest absolute Gasteiger partial charge is 0.496 e. The maximum Gasteiger partial charge on any atom is 0.128 e. The monoisotopic (exact) mass is 374 g/mol. The molecule has 1 heterocycles. The Hall–Kier alpha value is -1.92. The quantitative estimate of drug-likeness (QED) is 0.633. The third-order valence-electron chi connectivity index (χ3n) is 4.87. The molecular weight excluding hydrogens is 340 g/mol. The minimum absolute atomic E-state index is 0.145. The molecule has 0 atom stereocenters. The lowest BCUT2D eigenvalue weighted by Crippen LogP contribution is -2.34. The highest BCUT2D eigenvalue weighted by atomic mass is 16.5. The van der Waals surface area contributed by atoms with Gasteiger partial charge >= 0.3 is 0 Å². The molecule has 0 amide bonds. The van der Waals surface area contributed by atoms with Crippen molar-refractivity contribution in [3.8, 4) is 17.0 Å². The predicted molar refractivity (Wildman–Crippen MR) is 109 cm³/mol. The maximum atomic E-state index is 6.19. The van der Waals surface area contributed by atoms with Gasteiger partial charge in [-0.2, -0.15) is 0 Å². The second kappa shape index (κ2) is 8.85. The highest BCUT2D eigenvalue weighted by Gasteiger charge is 2.27. The van der Waals surface area contributed by atoms with Crippen LogP contribution in [0.4, 0.5) is 0 Å². The van der Waals surface area contributed by atoms with E-state index < -0.39 is 0 Å². The number of aromatic nitrogens is 3. The average molecular weight is 375 g/mol. The third kappa shape index (κ3) is 5.78. The number of para-hydroxylation sites is 1. The Bertz CT molecular complexity index is 722. The predicted octanol–water partition coefficient (Wildman–Crippen LogP) is 3.83. The Balaban J connectivity index is 2.09. The zero-order valence-electron chi connectivity index (χ0n) is 17.8. The van der Waals surface area contributed by atoms with Crippen LogP contribution in [0.25, 0.3) is 11.3 Å². The van der Waals surface area contributed by atoms with Gasteiger partial charge in [0, 0.05) is 18.7 Å². The number of methoxy groups -OCH3 is 1. The normalized spacial score (nSPS) is 12.6. The van der Waals surface area contributed by atoms with Gasteiger partial charge in [0.1, 0.15) is 5.75 Å². The van der Waals surface area contributed by atoms with Gasteiger partial charge in [0.2, 0.25) is 0 Å². The van der Waals surface area contributed by atoms with Crippen molar-refractivity contribution in [2.45, 2.75) is 51.7 Å². The zero-order chi connectivity index (χ0) is 20.1. The Kier molecular flexibility index (Phi) is 7.00. The highest BCUT2D eigenvalue weighted by molar-refractivity contribution is 5.66. The lowest BCUT2D eigenvalue weighted by atomic mass is 9.99. The summed E-state index contributed by atoms with van der Waals surface area (Å²) < 4.78 is 13.7. The van der Waals surface area contributed by atoms with E-state index in [1.54, 1.807) is 13.3 Å². The Morgan fingerprint density at radius 2 is 1.78 bits per heavy atom. The molecule has 0 aliphatic carbocycles. The van der Waals surface area contributed by atoms with E-state index in [2.05, 4.69) is 57.0 Å². The first-order chi connectivity index (χ1) is 12.7. The van der Waals surface area contributed by atoms with Crippen LogP contribution in [-0.4, -0.2) is 59.9 Å². The first-order valence-electron chi connectivity index (χ1n) is 9.49. The summed E-state index contributed by atoms with van der Waals surface area (Å²) in [5.74, 6) is 0.818. The van der Waals surface area contributed by atoms with Crippen LogP contribution in [0.2, 0.25) is 0 Å². The molecule has 0 aliphatic heterocycles. The fourth-order valence-electron chi connectivity index (χ4n) is 2.97. The molecule has 1 aromatic heterocycles. The molecule has 1 aromatic carbocycles. The van der Waals surface area contributed by atoms with Crippen molar-refractivity contribution >= 4 is 0 Å². The highest BCUT2D eigenvalue weighted by Crippen LogP contribution is 2.33. The summed E-state index contributed by atoms with van der Waals surface area (Å²) in [7, 11) is 5.86. The van der Waals surface area contributed by atoms with Crippen molar-refractivity contribution in [1.29, 1.82) is 0 Å². The lowest BCUT2D eigenvalue weighted by Gasteiger charge is -2.31. The van der Waals surface area contributed by atoms with Crippen molar-refractivity contribution in [2.24, 2.45) is 0 Å². The second-order valence-corrected chi connectivity index (χ2v) is 8.46. The molecule has 150 valence electrons. The standard InChI is InChI=1S/C21H34N4O2/c1-20(2,13-15-27-21(3,4)12-14-24(5)6)25-18(16-22-23-25)17-10-8-9-11-19(17)26-7/h8-11,16H,12-15H2,1-7H3. The van der Waals surface area contributed by atoms with Gasteiger partial charge in [-0.1, -0.05) is 17.3 Å². The van der Waals surface area contributed by atoms with Crippen LogP contribution < -0.4 is 4.74 Å². The number of hydrogen-bond donors (Lipinski definition) is 0. The van der Waals surface area contributed by atoms with Gasteiger partial charge in [-0.05, 0) is 66.8 Å². The van der Waals surface area contributed by atoms with E-state index in [-0.39, 0.29) is 11.1 Å². The minimum atomic E-state index is -0.232. The van der Waals surface area contributed by atoms with E-state index in [1.165, 1.54) is 0 Å². The van der Waals surface area contributed by atoms with Gasteiger partial charge < -0.3 is 14.4 Å². The Morgan fingerprint density at radius 3 is 2.44 bits per heavy atom. The zero-order valence-corrected chi connectivity index (χ0v) is 17.8. The van der Waals surface area contributed by atoms with Gasteiger partial charge in [-0.15, -0.1) is 5.10 Å². The van der Waals surface area contributed by atoms with Crippen molar-refractivity contribution in [3.63, 3.8) is 0 Å². The molecule has 2 aromatic rings. The van der Waals surface area contributed by atoms with Crippen LogP contribution in [-0.2, 0) is 10.3 Å². The van der Waals surface area contributed by atoms with E-state index >= 15 is 0 Å². The molecule has 0 bridgehead atoms. The van der Waals surface area contributed by atoms with Gasteiger partial charge in [-0.3, -0.25) is 0 Å². The molecule has 0 saturated heterocycles. The topological polar surface area (TPSA) is 52.4 Å². The van der Waals surface area contributed by atoms with Crippen LogP contribution >= 0.6 is 0 Å². The Morgan fingerprint density at radius 1 is 1.07 bits per heavy atom. The summed E-state index contributed by atoms with van der Waals surface area (Å²) in [5.41, 5.74) is 1.56. The number of hydrogen-bond acceptors (Lipinski definition) is 5. The van der Waals surface area contributed by atoms with Gasteiger partial charge in [-0.25, -0.2) is 4.68 Å². The second-order valence-electron chi connectivity index (χ2n) is 8.46. The van der Waals surface area contributed by atoms with Crippen molar-refractivity contribution in [3.05, 3.63) is 30.5 Å². The van der Waals surface area contributed by atoms with Crippen molar-refractivity contribution in [2.75, 3.05) is 34.4 Å². The third-order valence-corrected chi connectivity index (χ3v) is 4.87. The number of ether oxygens (including phenoxy) is 2. The van der Waals surface area contributed by atoms with E-state index in [4.69, 9.17) is 9.47 Å². The molecule has 0 unspecified atom stereocenters. The van der Waals surface area contributed by atoms with Crippen LogP contribution in [0, 0.1) is 0 Å². The van der Waals surface area contributed by atoms with Crippen molar-refractivity contribution < 1.29 is 9.47 Å². The molecule has 6 heteroatoms. The molecule has 0 aliphatic rings. The molecule has 0 N–H and O–H groups in total. The SMILES string of the molecule is COc1ccccc1-c1cnnn1C(C)(C)CCOC(C)(C)CCN(C)C. The molecule has 0 fully saturated rings. The lowest BCUT2D eigenvalue weighted by molar-refractivity contribution is -0.0370. The number of benzene rings is 1. The first-order valence-corrected chi connectivity index (χ1v) is 9.49. The smallest absolute Gasteiger partial charge is 0.128 e. The molecule has 2 rings (SSSR count). The molecular formula is C21H34N4O2. The summed E-state index contributed by atoms with van der Waals surface area (Å²) in [6.07, 6.45) is 3.63. The van der Waals surface area contributed by atoms with Crippen LogP contribution in [0.15, 0.2) is 30.5 Å². The fourth-order valence-corrected chi connectivity index (χ4v) is 2.97. The van der Waals surface area contributed by atoms with Gasteiger partial charge in [0.05, 0.1) is 30.1 Å². The summed E-state index contributed by atoms with van der Waals surface area (Å²) in [6, 6.07) is 7.95. The average Bonchev–Trinajstić information content (AvgIpc) is 3.10. The molecule has 0 saturated carbocycles. The fraction of sp³-hybridized carbons (Fsp3) is 0.619. The summed E-state index contributed by atoms with van der Waals surface area (Å²) >= 11 is 0. The van der Waals surface area contributed by atoms with Crippen LogP contribution in [0.5, 0.6) is 5.75 Å². The van der Waals surface area contributed by atoms with E-state index in [9.17, 15) is 0 Å². The molecule has 6 nitrogen and oxygen atoms in total. The van der Waals surface area contributed by atoms with Crippen LogP contribution in [0.3, 0.4) is 0 Å². The van der Waals surface area contributed by atoms with E-state index in [0.29, 0.717) is 6.61 Å². The summed E-state index contributed by atoms with van der Waals surface area (Å²) in [5, 5.41) is 8.52. The van der Waals surface area contributed by atoms with E-state index in [0.717, 1.165) is 36.4 Å². The number of nitrogens with zero attached hydrogens (tertiary/aromatic N) is 4.